The Kier molecular flexibility index (Phi) is 3.17. The number of hydrogen-bond acceptors (Lipinski definition) is 2. The molecule has 0 bridgehead atoms. The van der Waals surface area contributed by atoms with Crippen LogP contribution in [0.25, 0.3) is 0 Å². The molecule has 3 heteroatoms. The average molecular weight is 279 g/mol. The fraction of sp³-hybridized carbons (Fsp3) is 0.556. The second-order valence-corrected chi connectivity index (χ2v) is 4.64. The van der Waals surface area contributed by atoms with Crippen molar-refractivity contribution < 1.29 is 4.74 Å². The summed E-state index contributed by atoms with van der Waals surface area (Å²) >= 11 is 2.34. The van der Waals surface area contributed by atoms with Crippen molar-refractivity contribution in [1.29, 1.82) is 0 Å². The van der Waals surface area contributed by atoms with Gasteiger partial charge in [0.15, 0.2) is 0 Å². The number of alkyl halides is 1. The minimum Gasteiger partial charge on any atom is -0.399 e. The summed E-state index contributed by atoms with van der Waals surface area (Å²) in [4.78, 5) is 0. The van der Waals surface area contributed by atoms with E-state index < -0.39 is 0 Å². The average Bonchev–Trinajstić information content (AvgIpc) is 1.99. The van der Waals surface area contributed by atoms with Gasteiger partial charge in [-0.3, -0.25) is 0 Å². The molecule has 0 aromatic rings. The highest BCUT2D eigenvalue weighted by atomic mass is 127. The van der Waals surface area contributed by atoms with Crippen molar-refractivity contribution in [3.05, 3.63) is 23.4 Å². The van der Waals surface area contributed by atoms with Crippen LogP contribution < -0.4 is 5.73 Å². The molecular formula is C9H14INO. The van der Waals surface area contributed by atoms with Crippen molar-refractivity contribution in [3.63, 3.8) is 0 Å². The Morgan fingerprint density at radius 3 is 2.92 bits per heavy atom. The molecule has 0 aromatic carbocycles. The van der Waals surface area contributed by atoms with Crippen molar-refractivity contribution in [1.82, 2.24) is 0 Å². The van der Waals surface area contributed by atoms with E-state index in [0.29, 0.717) is 0 Å². The normalized spacial score (nSPS) is 29.6. The molecule has 0 saturated heterocycles. The van der Waals surface area contributed by atoms with Gasteiger partial charge in [0, 0.05) is 18.7 Å². The Hall–Kier alpha value is -0.0300. The van der Waals surface area contributed by atoms with E-state index in [9.17, 15) is 0 Å². The van der Waals surface area contributed by atoms with Crippen LogP contribution in [0.4, 0.5) is 0 Å². The quantitative estimate of drug-likeness (QED) is 0.622. The fourth-order valence-corrected chi connectivity index (χ4v) is 1.92. The first-order valence-corrected chi connectivity index (χ1v) is 5.13. The van der Waals surface area contributed by atoms with Crippen LogP contribution in [-0.2, 0) is 4.74 Å². The van der Waals surface area contributed by atoms with Gasteiger partial charge in [0.25, 0.3) is 0 Å². The third-order valence-corrected chi connectivity index (χ3v) is 3.55. The molecule has 1 aliphatic rings. The van der Waals surface area contributed by atoms with Crippen LogP contribution in [0.3, 0.4) is 0 Å². The predicted octanol–water partition coefficient (Wildman–Crippen LogP) is 2.35. The summed E-state index contributed by atoms with van der Waals surface area (Å²) in [6.45, 7) is 4.80. The number of ether oxygens (including phenoxy) is 1. The van der Waals surface area contributed by atoms with Gasteiger partial charge in [-0.1, -0.05) is 6.08 Å². The maximum atomic E-state index is 5.67. The van der Waals surface area contributed by atoms with Gasteiger partial charge in [0.1, 0.15) is 3.61 Å². The molecule has 0 radical (unpaired) electrons. The van der Waals surface area contributed by atoms with Crippen molar-refractivity contribution in [2.24, 2.45) is 5.73 Å². The third kappa shape index (κ3) is 2.01. The number of rotatable bonds is 2. The number of allylic oxidation sites excluding steroid dienone is 1. The van der Waals surface area contributed by atoms with Gasteiger partial charge in [-0.15, -0.1) is 0 Å². The second kappa shape index (κ2) is 3.79. The van der Waals surface area contributed by atoms with Crippen LogP contribution in [0.5, 0.6) is 0 Å². The zero-order valence-electron chi connectivity index (χ0n) is 7.43. The highest BCUT2D eigenvalue weighted by Crippen LogP contribution is 2.36. The first kappa shape index (κ1) is 10.1. The molecule has 0 amide bonds. The first-order chi connectivity index (χ1) is 5.58. The summed E-state index contributed by atoms with van der Waals surface area (Å²) in [6, 6.07) is 0. The third-order valence-electron chi connectivity index (χ3n) is 1.95. The van der Waals surface area contributed by atoms with E-state index in [1.807, 2.05) is 19.1 Å². The molecule has 0 saturated carbocycles. The molecule has 0 aliphatic heterocycles. The van der Waals surface area contributed by atoms with Gasteiger partial charge in [-0.05, 0) is 48.1 Å². The minimum atomic E-state index is -0.157. The van der Waals surface area contributed by atoms with Crippen molar-refractivity contribution in [2.45, 2.75) is 23.9 Å². The van der Waals surface area contributed by atoms with E-state index in [-0.39, 0.29) is 3.61 Å². The Morgan fingerprint density at radius 1 is 1.75 bits per heavy atom. The summed E-state index contributed by atoms with van der Waals surface area (Å²) in [5, 5.41) is 0. The SMILES string of the molecule is CCOC1(I)CC=C(N)C=C1C. The summed E-state index contributed by atoms with van der Waals surface area (Å²) in [6.07, 6.45) is 4.86. The van der Waals surface area contributed by atoms with E-state index in [1.54, 1.807) is 0 Å². The van der Waals surface area contributed by atoms with Crippen LogP contribution in [0.2, 0.25) is 0 Å². The van der Waals surface area contributed by atoms with Gasteiger partial charge in [0.05, 0.1) is 0 Å². The molecule has 2 N–H and O–H groups in total. The van der Waals surface area contributed by atoms with Crippen LogP contribution in [0, 0.1) is 0 Å². The molecular weight excluding hydrogens is 265 g/mol. The van der Waals surface area contributed by atoms with E-state index in [4.69, 9.17) is 10.5 Å². The summed E-state index contributed by atoms with van der Waals surface area (Å²) in [5.74, 6) is 0. The first-order valence-electron chi connectivity index (χ1n) is 4.06. The van der Waals surface area contributed by atoms with Crippen LogP contribution in [0.15, 0.2) is 23.4 Å². The van der Waals surface area contributed by atoms with Gasteiger partial charge in [-0.2, -0.15) is 0 Å². The van der Waals surface area contributed by atoms with Gasteiger partial charge < -0.3 is 10.5 Å². The molecule has 12 heavy (non-hydrogen) atoms. The largest absolute Gasteiger partial charge is 0.399 e. The summed E-state index contributed by atoms with van der Waals surface area (Å²) in [7, 11) is 0. The second-order valence-electron chi connectivity index (χ2n) is 2.90. The van der Waals surface area contributed by atoms with Gasteiger partial charge >= 0.3 is 0 Å². The van der Waals surface area contributed by atoms with Crippen LogP contribution in [0.1, 0.15) is 20.3 Å². The molecule has 0 heterocycles. The maximum Gasteiger partial charge on any atom is 0.143 e. The number of nitrogens with two attached hydrogens (primary N) is 1. The fourth-order valence-electron chi connectivity index (χ4n) is 1.23. The van der Waals surface area contributed by atoms with Crippen molar-refractivity contribution in [2.75, 3.05) is 6.61 Å². The predicted molar refractivity (Wildman–Crippen MR) is 59.0 cm³/mol. The van der Waals surface area contributed by atoms with Crippen LogP contribution in [-0.4, -0.2) is 10.2 Å². The highest BCUT2D eigenvalue weighted by Gasteiger charge is 2.29. The zero-order valence-corrected chi connectivity index (χ0v) is 9.59. The lowest BCUT2D eigenvalue weighted by atomic mass is 10.0. The minimum absolute atomic E-state index is 0.157. The molecule has 1 unspecified atom stereocenters. The monoisotopic (exact) mass is 279 g/mol. The van der Waals surface area contributed by atoms with Gasteiger partial charge in [0.2, 0.25) is 0 Å². The molecule has 1 rings (SSSR count). The number of hydrogen-bond donors (Lipinski definition) is 1. The molecule has 1 aliphatic carbocycles. The Balaban J connectivity index is 2.78. The summed E-state index contributed by atoms with van der Waals surface area (Å²) < 4.78 is 5.49. The smallest absolute Gasteiger partial charge is 0.143 e. The molecule has 1 atom stereocenters. The summed E-state index contributed by atoms with van der Waals surface area (Å²) in [5.41, 5.74) is 7.71. The van der Waals surface area contributed by atoms with Crippen molar-refractivity contribution in [3.8, 4) is 0 Å². The topological polar surface area (TPSA) is 35.2 Å². The molecule has 0 aromatic heterocycles. The van der Waals surface area contributed by atoms with Crippen LogP contribution >= 0.6 is 22.6 Å². The van der Waals surface area contributed by atoms with E-state index in [1.165, 1.54) is 5.57 Å². The Labute approximate surface area is 87.0 Å². The lowest BCUT2D eigenvalue weighted by Crippen LogP contribution is -2.28. The molecule has 0 fully saturated rings. The molecule has 0 spiro atoms. The Morgan fingerprint density at radius 2 is 2.42 bits per heavy atom. The molecule has 68 valence electrons. The maximum absolute atomic E-state index is 5.67. The van der Waals surface area contributed by atoms with Crippen molar-refractivity contribution >= 4 is 22.6 Å². The number of halogens is 1. The lowest BCUT2D eigenvalue weighted by Gasteiger charge is -2.30. The van der Waals surface area contributed by atoms with E-state index in [0.717, 1.165) is 18.7 Å². The van der Waals surface area contributed by atoms with Gasteiger partial charge in [-0.25, -0.2) is 0 Å². The standard InChI is InChI=1S/C9H14INO/c1-3-12-9(10)5-4-8(11)6-7(9)2/h4,6H,3,5,11H2,1-2H3. The molecule has 2 nitrogen and oxygen atoms in total. The van der Waals surface area contributed by atoms with E-state index in [2.05, 4.69) is 29.5 Å². The van der Waals surface area contributed by atoms with E-state index >= 15 is 0 Å². The zero-order chi connectivity index (χ0) is 9.19. The highest BCUT2D eigenvalue weighted by molar-refractivity contribution is 14.1. The Bertz CT molecular complexity index is 235. The lowest BCUT2D eigenvalue weighted by molar-refractivity contribution is 0.0758.